The Morgan fingerprint density at radius 3 is 2.65 bits per heavy atom. The van der Waals surface area contributed by atoms with Crippen LogP contribution in [0.5, 0.6) is 0 Å². The van der Waals surface area contributed by atoms with Gasteiger partial charge in [-0.1, -0.05) is 36.4 Å². The van der Waals surface area contributed by atoms with Crippen molar-refractivity contribution in [3.63, 3.8) is 0 Å². The zero-order valence-corrected chi connectivity index (χ0v) is 13.5. The van der Waals surface area contributed by atoms with Crippen LogP contribution < -0.4 is 15.1 Å². The van der Waals surface area contributed by atoms with Crippen molar-refractivity contribution in [3.05, 3.63) is 60.2 Å². The van der Waals surface area contributed by atoms with Crippen LogP contribution in [0.4, 0.5) is 11.4 Å². The second-order valence-corrected chi connectivity index (χ2v) is 5.70. The molecule has 1 heterocycles. The molecule has 0 bridgehead atoms. The van der Waals surface area contributed by atoms with Crippen molar-refractivity contribution in [1.29, 1.82) is 0 Å². The summed E-state index contributed by atoms with van der Waals surface area (Å²) in [5.74, 6) is 0.135. The van der Waals surface area contributed by atoms with E-state index in [0.29, 0.717) is 13.1 Å². The van der Waals surface area contributed by atoms with E-state index in [1.807, 2.05) is 54.3 Å². The second kappa shape index (κ2) is 7.29. The summed E-state index contributed by atoms with van der Waals surface area (Å²) in [4.78, 5) is 16.9. The van der Waals surface area contributed by atoms with Gasteiger partial charge in [0.25, 0.3) is 0 Å². The van der Waals surface area contributed by atoms with E-state index in [0.717, 1.165) is 31.0 Å². The number of hydrogen-bond acceptors (Lipinski definition) is 3. The van der Waals surface area contributed by atoms with Crippen LogP contribution in [-0.2, 0) is 11.3 Å². The maximum atomic E-state index is 12.8. The maximum Gasteiger partial charge on any atom is 0.246 e. The summed E-state index contributed by atoms with van der Waals surface area (Å²) < 4.78 is 0. The Balaban J connectivity index is 1.79. The van der Waals surface area contributed by atoms with E-state index in [2.05, 4.69) is 22.3 Å². The van der Waals surface area contributed by atoms with E-state index in [9.17, 15) is 4.79 Å². The summed E-state index contributed by atoms with van der Waals surface area (Å²) in [7, 11) is 0. The molecule has 0 unspecified atom stereocenters. The molecule has 0 saturated heterocycles. The van der Waals surface area contributed by atoms with Crippen molar-refractivity contribution in [2.45, 2.75) is 13.5 Å². The molecule has 0 fully saturated rings. The minimum Gasteiger partial charge on any atom is -0.361 e. The predicted molar refractivity (Wildman–Crippen MR) is 94.8 cm³/mol. The van der Waals surface area contributed by atoms with Crippen LogP contribution in [-0.4, -0.2) is 32.1 Å². The van der Waals surface area contributed by atoms with Crippen LogP contribution in [0.25, 0.3) is 0 Å². The van der Waals surface area contributed by atoms with Crippen LogP contribution in [0, 0.1) is 0 Å². The van der Waals surface area contributed by atoms with Gasteiger partial charge in [-0.05, 0) is 30.7 Å². The van der Waals surface area contributed by atoms with Gasteiger partial charge in [-0.2, -0.15) is 0 Å². The molecule has 3 rings (SSSR count). The molecule has 0 aromatic heterocycles. The first-order valence-corrected chi connectivity index (χ1v) is 8.18. The molecule has 4 heteroatoms. The molecule has 0 atom stereocenters. The topological polar surface area (TPSA) is 35.6 Å². The molecule has 1 amide bonds. The molecule has 0 aliphatic carbocycles. The Hall–Kier alpha value is -2.33. The Morgan fingerprint density at radius 1 is 1.13 bits per heavy atom. The summed E-state index contributed by atoms with van der Waals surface area (Å²) in [5.41, 5.74) is 3.37. The molecule has 1 aliphatic rings. The fourth-order valence-corrected chi connectivity index (χ4v) is 3.05. The number of para-hydroxylation sites is 2. The van der Waals surface area contributed by atoms with Crippen molar-refractivity contribution in [1.82, 2.24) is 5.32 Å². The number of fused-ring (bicyclic) bond motifs is 1. The Morgan fingerprint density at radius 2 is 1.87 bits per heavy atom. The summed E-state index contributed by atoms with van der Waals surface area (Å²) >= 11 is 0. The lowest BCUT2D eigenvalue weighted by molar-refractivity contribution is -0.117. The van der Waals surface area contributed by atoms with Crippen molar-refractivity contribution in [2.75, 3.05) is 36.0 Å². The Labute approximate surface area is 137 Å². The van der Waals surface area contributed by atoms with E-state index in [-0.39, 0.29) is 5.91 Å². The highest BCUT2D eigenvalue weighted by molar-refractivity contribution is 5.96. The number of likely N-dealkylation sites (N-methyl/N-ethyl adjacent to an activating group) is 1. The lowest BCUT2D eigenvalue weighted by Crippen LogP contribution is -2.42. The lowest BCUT2D eigenvalue weighted by Gasteiger charge is -2.28. The second-order valence-electron chi connectivity index (χ2n) is 5.70. The monoisotopic (exact) mass is 309 g/mol. The number of nitrogens with one attached hydrogen (secondary N) is 1. The number of amides is 1. The van der Waals surface area contributed by atoms with Gasteiger partial charge in [0, 0.05) is 37.6 Å². The van der Waals surface area contributed by atoms with Crippen LogP contribution in [0.1, 0.15) is 12.5 Å². The van der Waals surface area contributed by atoms with Gasteiger partial charge < -0.3 is 15.1 Å². The predicted octanol–water partition coefficient (Wildman–Crippen LogP) is 2.65. The third kappa shape index (κ3) is 3.54. The van der Waals surface area contributed by atoms with Gasteiger partial charge in [0.05, 0.1) is 6.54 Å². The first-order chi connectivity index (χ1) is 11.3. The SMILES string of the molecule is CCN(C(=O)CN1CCNCc2ccccc21)c1ccccc1. The van der Waals surface area contributed by atoms with Gasteiger partial charge in [0.15, 0.2) is 0 Å². The van der Waals surface area contributed by atoms with E-state index >= 15 is 0 Å². The van der Waals surface area contributed by atoms with E-state index in [1.54, 1.807) is 0 Å². The van der Waals surface area contributed by atoms with Crippen molar-refractivity contribution >= 4 is 17.3 Å². The zero-order valence-electron chi connectivity index (χ0n) is 13.5. The smallest absolute Gasteiger partial charge is 0.246 e. The third-order valence-electron chi connectivity index (χ3n) is 4.22. The molecule has 120 valence electrons. The van der Waals surface area contributed by atoms with Crippen molar-refractivity contribution in [2.24, 2.45) is 0 Å². The molecule has 2 aromatic rings. The van der Waals surface area contributed by atoms with Crippen LogP contribution in [0.15, 0.2) is 54.6 Å². The van der Waals surface area contributed by atoms with Gasteiger partial charge >= 0.3 is 0 Å². The van der Waals surface area contributed by atoms with Gasteiger partial charge in [-0.3, -0.25) is 4.79 Å². The van der Waals surface area contributed by atoms with Crippen molar-refractivity contribution in [3.8, 4) is 0 Å². The highest BCUT2D eigenvalue weighted by atomic mass is 16.2. The minimum atomic E-state index is 0.135. The summed E-state index contributed by atoms with van der Waals surface area (Å²) in [6, 6.07) is 18.2. The molecular formula is C19H23N3O. The van der Waals surface area contributed by atoms with Gasteiger partial charge in [0.2, 0.25) is 5.91 Å². The summed E-state index contributed by atoms with van der Waals surface area (Å²) in [6.45, 7) is 5.69. The molecule has 1 aliphatic heterocycles. The fourth-order valence-electron chi connectivity index (χ4n) is 3.05. The summed E-state index contributed by atoms with van der Waals surface area (Å²) in [5, 5.41) is 3.41. The average molecular weight is 309 g/mol. The fraction of sp³-hybridized carbons (Fsp3) is 0.316. The number of hydrogen-bond donors (Lipinski definition) is 1. The highest BCUT2D eigenvalue weighted by Crippen LogP contribution is 2.22. The van der Waals surface area contributed by atoms with Crippen LogP contribution in [0.3, 0.4) is 0 Å². The highest BCUT2D eigenvalue weighted by Gasteiger charge is 2.20. The molecular weight excluding hydrogens is 286 g/mol. The number of anilines is 2. The van der Waals surface area contributed by atoms with E-state index < -0.39 is 0 Å². The van der Waals surface area contributed by atoms with E-state index in [4.69, 9.17) is 0 Å². The first-order valence-electron chi connectivity index (χ1n) is 8.18. The normalized spacial score (nSPS) is 14.0. The molecule has 0 radical (unpaired) electrons. The molecule has 4 nitrogen and oxygen atoms in total. The molecule has 1 N–H and O–H groups in total. The van der Waals surface area contributed by atoms with Gasteiger partial charge in [-0.15, -0.1) is 0 Å². The molecule has 23 heavy (non-hydrogen) atoms. The standard InChI is InChI=1S/C19H23N3O/c1-2-22(17-9-4-3-5-10-17)19(23)15-21-13-12-20-14-16-8-6-7-11-18(16)21/h3-11,20H,2,12-15H2,1H3. The number of rotatable bonds is 4. The third-order valence-corrected chi connectivity index (χ3v) is 4.22. The maximum absolute atomic E-state index is 12.8. The van der Waals surface area contributed by atoms with Crippen LogP contribution in [0.2, 0.25) is 0 Å². The zero-order chi connectivity index (χ0) is 16.1. The minimum absolute atomic E-state index is 0.135. The molecule has 0 saturated carbocycles. The van der Waals surface area contributed by atoms with E-state index in [1.165, 1.54) is 5.56 Å². The molecule has 2 aromatic carbocycles. The molecule has 0 spiro atoms. The Kier molecular flexibility index (Phi) is 4.93. The van der Waals surface area contributed by atoms with Gasteiger partial charge in [-0.25, -0.2) is 0 Å². The van der Waals surface area contributed by atoms with Gasteiger partial charge in [0.1, 0.15) is 0 Å². The first kappa shape index (κ1) is 15.6. The number of benzene rings is 2. The lowest BCUT2D eigenvalue weighted by atomic mass is 10.1. The van der Waals surface area contributed by atoms with Crippen molar-refractivity contribution < 1.29 is 4.79 Å². The van der Waals surface area contributed by atoms with Crippen LogP contribution >= 0.6 is 0 Å². The summed E-state index contributed by atoms with van der Waals surface area (Å²) in [6.07, 6.45) is 0. The number of carbonyl (C=O) groups excluding carboxylic acids is 1. The average Bonchev–Trinajstić information content (AvgIpc) is 2.79. The Bertz CT molecular complexity index is 657. The number of carbonyl (C=O) groups is 1. The number of nitrogens with zero attached hydrogens (tertiary/aromatic N) is 2. The quantitative estimate of drug-likeness (QED) is 0.943. The largest absolute Gasteiger partial charge is 0.361 e.